The van der Waals surface area contributed by atoms with E-state index in [4.69, 9.17) is 4.98 Å². The number of anilines is 2. The van der Waals surface area contributed by atoms with E-state index in [1.165, 1.54) is 26.0 Å². The van der Waals surface area contributed by atoms with E-state index in [1.54, 1.807) is 17.4 Å². The largest absolute Gasteiger partial charge is 0.366 e. The van der Waals surface area contributed by atoms with Gasteiger partial charge >= 0.3 is 0 Å². The third kappa shape index (κ3) is 4.22. The molecule has 0 radical (unpaired) electrons. The molecule has 0 atom stereocenters. The molecule has 1 saturated heterocycles. The van der Waals surface area contributed by atoms with Crippen molar-refractivity contribution < 1.29 is 4.39 Å². The van der Waals surface area contributed by atoms with Crippen LogP contribution in [0.3, 0.4) is 0 Å². The van der Waals surface area contributed by atoms with Gasteiger partial charge < -0.3 is 9.80 Å². The van der Waals surface area contributed by atoms with E-state index in [-0.39, 0.29) is 5.82 Å². The monoisotopic (exact) mass is 487 g/mol. The average molecular weight is 488 g/mol. The number of nitrogens with zero attached hydrogens (tertiary/aromatic N) is 5. The summed E-state index contributed by atoms with van der Waals surface area (Å²) in [5.74, 6) is 0.646. The van der Waals surface area contributed by atoms with E-state index in [9.17, 15) is 4.39 Å². The average Bonchev–Trinajstić information content (AvgIpc) is 3.18. The smallest absolute Gasteiger partial charge is 0.225 e. The van der Waals surface area contributed by atoms with Gasteiger partial charge in [-0.15, -0.1) is 11.3 Å². The van der Waals surface area contributed by atoms with Gasteiger partial charge in [0.2, 0.25) is 5.95 Å². The number of para-hydroxylation sites is 1. The summed E-state index contributed by atoms with van der Waals surface area (Å²) < 4.78 is 15.2. The molecular formula is C22H23BrFN5S. The number of aromatic nitrogens is 2. The van der Waals surface area contributed by atoms with Crippen LogP contribution in [0.4, 0.5) is 16.0 Å². The lowest BCUT2D eigenvalue weighted by atomic mass is 10.1. The maximum atomic E-state index is 14.1. The van der Waals surface area contributed by atoms with Crippen molar-refractivity contribution in [1.82, 2.24) is 14.9 Å². The molecule has 1 aromatic carbocycles. The predicted octanol–water partition coefficient (Wildman–Crippen LogP) is 4.32. The van der Waals surface area contributed by atoms with Crippen molar-refractivity contribution in [3.05, 3.63) is 68.3 Å². The molecule has 30 heavy (non-hydrogen) atoms. The summed E-state index contributed by atoms with van der Waals surface area (Å²) in [7, 11) is 0. The molecule has 4 heterocycles. The van der Waals surface area contributed by atoms with Crippen molar-refractivity contribution in [3.8, 4) is 0 Å². The number of rotatable bonds is 4. The van der Waals surface area contributed by atoms with Gasteiger partial charge in [-0.1, -0.05) is 12.1 Å². The predicted molar refractivity (Wildman–Crippen MR) is 123 cm³/mol. The van der Waals surface area contributed by atoms with E-state index in [1.807, 2.05) is 18.3 Å². The molecule has 2 aromatic heterocycles. The first-order valence-electron chi connectivity index (χ1n) is 10.2. The summed E-state index contributed by atoms with van der Waals surface area (Å²) in [6.45, 7) is 6.01. The fraction of sp³-hybridized carbons (Fsp3) is 0.364. The Morgan fingerprint density at radius 1 is 1.00 bits per heavy atom. The summed E-state index contributed by atoms with van der Waals surface area (Å²) in [4.78, 5) is 17.7. The zero-order valence-electron chi connectivity index (χ0n) is 16.6. The van der Waals surface area contributed by atoms with Crippen molar-refractivity contribution in [1.29, 1.82) is 0 Å². The molecule has 2 aliphatic heterocycles. The van der Waals surface area contributed by atoms with Crippen LogP contribution in [-0.2, 0) is 19.5 Å². The van der Waals surface area contributed by atoms with Gasteiger partial charge in [0.05, 0.1) is 15.2 Å². The molecule has 5 rings (SSSR count). The second kappa shape index (κ2) is 8.61. The Kier molecular flexibility index (Phi) is 5.71. The van der Waals surface area contributed by atoms with Gasteiger partial charge in [0.25, 0.3) is 0 Å². The number of hydrogen-bond acceptors (Lipinski definition) is 6. The van der Waals surface area contributed by atoms with Crippen LogP contribution in [0.25, 0.3) is 0 Å². The molecule has 8 heteroatoms. The number of thiophene rings is 1. The van der Waals surface area contributed by atoms with Crippen molar-refractivity contribution in [2.75, 3.05) is 42.5 Å². The molecule has 0 spiro atoms. The molecule has 0 aliphatic carbocycles. The Balaban J connectivity index is 1.22. The van der Waals surface area contributed by atoms with Gasteiger partial charge in [0.15, 0.2) is 0 Å². The minimum Gasteiger partial charge on any atom is -0.366 e. The fourth-order valence-corrected chi connectivity index (χ4v) is 5.69. The van der Waals surface area contributed by atoms with E-state index in [0.717, 1.165) is 58.2 Å². The fourth-order valence-electron chi connectivity index (χ4n) is 4.16. The second-order valence-electron chi connectivity index (χ2n) is 7.73. The minimum absolute atomic E-state index is 0.157. The lowest BCUT2D eigenvalue weighted by molar-refractivity contribution is 0.245. The number of piperazine rings is 1. The van der Waals surface area contributed by atoms with Gasteiger partial charge in [-0.25, -0.2) is 14.4 Å². The van der Waals surface area contributed by atoms with Crippen LogP contribution < -0.4 is 9.80 Å². The highest BCUT2D eigenvalue weighted by Crippen LogP contribution is 2.27. The van der Waals surface area contributed by atoms with E-state index in [0.29, 0.717) is 5.69 Å². The maximum absolute atomic E-state index is 14.1. The molecule has 0 saturated carbocycles. The van der Waals surface area contributed by atoms with Crippen molar-refractivity contribution in [2.45, 2.75) is 19.5 Å². The molecule has 0 bridgehead atoms. The molecule has 0 N–H and O–H groups in total. The normalized spacial score (nSPS) is 17.3. The molecule has 5 nitrogen and oxygen atoms in total. The van der Waals surface area contributed by atoms with E-state index < -0.39 is 0 Å². The molecule has 2 aliphatic rings. The molecule has 156 valence electrons. The Bertz CT molecular complexity index is 1030. The molecule has 0 unspecified atom stereocenters. The van der Waals surface area contributed by atoms with Gasteiger partial charge in [-0.2, -0.15) is 0 Å². The first-order valence-corrected chi connectivity index (χ1v) is 11.8. The molecular weight excluding hydrogens is 465 g/mol. The standard InChI is InChI=1S/C22H23BrFN5S/c23-21-6-5-17(30-21)15-27-8-7-19-16(14-27)13-25-22(26-19)29-11-9-28(10-12-29)20-4-2-1-3-18(20)24/h1-6,13H,7-12,14-15H2. The number of hydrogen-bond donors (Lipinski definition) is 0. The highest BCUT2D eigenvalue weighted by Gasteiger charge is 2.24. The van der Waals surface area contributed by atoms with Crippen molar-refractivity contribution in [2.24, 2.45) is 0 Å². The Hall–Kier alpha value is -2.03. The first kappa shape index (κ1) is 19.9. The zero-order valence-corrected chi connectivity index (χ0v) is 19.0. The Morgan fingerprint density at radius 2 is 1.80 bits per heavy atom. The zero-order chi connectivity index (χ0) is 20.5. The molecule has 0 amide bonds. The van der Waals surface area contributed by atoms with E-state index >= 15 is 0 Å². The van der Waals surface area contributed by atoms with Crippen LogP contribution in [0.5, 0.6) is 0 Å². The Labute approximate surface area is 188 Å². The van der Waals surface area contributed by atoms with Crippen LogP contribution in [0.1, 0.15) is 16.1 Å². The van der Waals surface area contributed by atoms with Crippen LogP contribution in [0.15, 0.2) is 46.4 Å². The summed E-state index contributed by atoms with van der Waals surface area (Å²) in [6.07, 6.45) is 2.95. The summed E-state index contributed by atoms with van der Waals surface area (Å²) >= 11 is 5.34. The Morgan fingerprint density at radius 3 is 2.57 bits per heavy atom. The summed E-state index contributed by atoms with van der Waals surface area (Å²) in [5.41, 5.74) is 3.08. The first-order chi connectivity index (χ1) is 14.7. The lowest BCUT2D eigenvalue weighted by Crippen LogP contribution is -2.47. The second-order valence-corrected chi connectivity index (χ2v) is 10.3. The van der Waals surface area contributed by atoms with Crippen molar-refractivity contribution >= 4 is 38.9 Å². The maximum Gasteiger partial charge on any atom is 0.225 e. The minimum atomic E-state index is -0.157. The van der Waals surface area contributed by atoms with Crippen molar-refractivity contribution in [3.63, 3.8) is 0 Å². The van der Waals surface area contributed by atoms with E-state index in [2.05, 4.69) is 47.7 Å². The van der Waals surface area contributed by atoms with Crippen LogP contribution >= 0.6 is 27.3 Å². The van der Waals surface area contributed by atoms with Gasteiger partial charge in [-0.05, 0) is 40.2 Å². The van der Waals surface area contributed by atoms with Gasteiger partial charge in [0, 0.05) is 68.9 Å². The lowest BCUT2D eigenvalue weighted by Gasteiger charge is -2.36. The van der Waals surface area contributed by atoms with Crippen LogP contribution in [0, 0.1) is 5.82 Å². The number of halogens is 2. The molecule has 1 fully saturated rings. The van der Waals surface area contributed by atoms with Gasteiger partial charge in [0.1, 0.15) is 5.82 Å². The number of fused-ring (bicyclic) bond motifs is 1. The van der Waals surface area contributed by atoms with Crippen LogP contribution in [-0.4, -0.2) is 47.6 Å². The third-order valence-corrected chi connectivity index (χ3v) is 7.37. The number of benzene rings is 1. The van der Waals surface area contributed by atoms with Crippen LogP contribution in [0.2, 0.25) is 0 Å². The highest BCUT2D eigenvalue weighted by atomic mass is 79.9. The topological polar surface area (TPSA) is 35.5 Å². The molecule has 3 aromatic rings. The SMILES string of the molecule is Fc1ccccc1N1CCN(c2ncc3c(n2)CCN(Cc2ccc(Br)s2)C3)CC1. The van der Waals surface area contributed by atoms with Gasteiger partial charge in [-0.3, -0.25) is 4.90 Å². The summed E-state index contributed by atoms with van der Waals surface area (Å²) in [5, 5.41) is 0. The summed E-state index contributed by atoms with van der Waals surface area (Å²) in [6, 6.07) is 11.3. The quantitative estimate of drug-likeness (QED) is 0.547. The highest BCUT2D eigenvalue weighted by molar-refractivity contribution is 9.11. The third-order valence-electron chi connectivity index (χ3n) is 5.76.